The second-order valence-electron chi connectivity index (χ2n) is 5.50. The fourth-order valence-electron chi connectivity index (χ4n) is 3.04. The van der Waals surface area contributed by atoms with Gasteiger partial charge in [0.15, 0.2) is 0 Å². The highest BCUT2D eigenvalue weighted by molar-refractivity contribution is 6.03. The Kier molecular flexibility index (Phi) is 3.19. The van der Waals surface area contributed by atoms with E-state index in [0.717, 1.165) is 22.3 Å². The Bertz CT molecular complexity index is 898. The normalized spacial score (nSPS) is 16.0. The van der Waals surface area contributed by atoms with E-state index in [-0.39, 0.29) is 11.9 Å². The average Bonchev–Trinajstić information content (AvgIpc) is 2.79. The van der Waals surface area contributed by atoms with Crippen LogP contribution in [0.4, 0.5) is 0 Å². The number of aromatic hydroxyl groups is 1. The lowest BCUT2D eigenvalue weighted by molar-refractivity contribution is 0.260. The highest BCUT2D eigenvalue weighted by atomic mass is 16.5. The molecule has 0 spiro atoms. The van der Waals surface area contributed by atoms with Gasteiger partial charge >= 0.3 is 0 Å². The van der Waals surface area contributed by atoms with Gasteiger partial charge in [0.2, 0.25) is 0 Å². The second kappa shape index (κ2) is 5.36. The third-order valence-electron chi connectivity index (χ3n) is 4.15. The molecule has 3 aromatic carbocycles. The van der Waals surface area contributed by atoms with Crippen LogP contribution in [0.1, 0.15) is 17.2 Å². The van der Waals surface area contributed by atoms with E-state index in [1.165, 1.54) is 0 Å². The van der Waals surface area contributed by atoms with E-state index < -0.39 is 0 Å². The largest absolute Gasteiger partial charge is 0.507 e. The maximum absolute atomic E-state index is 10.3. The Hall–Kier alpha value is -2.94. The van der Waals surface area contributed by atoms with Crippen molar-refractivity contribution < 1.29 is 14.6 Å². The molecule has 1 heterocycles. The van der Waals surface area contributed by atoms with Gasteiger partial charge in [0.05, 0.1) is 12.5 Å². The van der Waals surface area contributed by atoms with Crippen molar-refractivity contribution >= 4 is 16.8 Å². The molecule has 0 saturated carbocycles. The zero-order valence-electron chi connectivity index (χ0n) is 12.7. The summed E-state index contributed by atoms with van der Waals surface area (Å²) in [5.74, 6) is 1.57. The van der Waals surface area contributed by atoms with E-state index in [9.17, 15) is 5.11 Å². The molecule has 0 amide bonds. The van der Waals surface area contributed by atoms with E-state index >= 15 is 0 Å². The van der Waals surface area contributed by atoms with Crippen molar-refractivity contribution in [2.24, 2.45) is 0 Å². The Morgan fingerprint density at radius 3 is 2.57 bits per heavy atom. The van der Waals surface area contributed by atoms with Crippen LogP contribution >= 0.6 is 0 Å². The fourth-order valence-corrected chi connectivity index (χ4v) is 3.04. The Morgan fingerprint density at radius 2 is 1.78 bits per heavy atom. The van der Waals surface area contributed by atoms with Crippen molar-refractivity contribution in [3.8, 4) is 17.2 Å². The van der Waals surface area contributed by atoms with Gasteiger partial charge in [0.1, 0.15) is 23.4 Å². The summed E-state index contributed by atoms with van der Waals surface area (Å²) in [4.78, 5) is 0. The van der Waals surface area contributed by atoms with Gasteiger partial charge in [-0.2, -0.15) is 0 Å². The van der Waals surface area contributed by atoms with Crippen LogP contribution in [-0.4, -0.2) is 12.2 Å². The number of rotatable bonds is 2. The number of ether oxygens (including phenoxy) is 2. The molecular weight excluding hydrogens is 288 g/mol. The summed E-state index contributed by atoms with van der Waals surface area (Å²) in [6.45, 7) is 0. The number of hydrogen-bond acceptors (Lipinski definition) is 3. The lowest BCUT2D eigenvalue weighted by atomic mass is 10.0. The molecule has 3 heteroatoms. The first-order chi connectivity index (χ1) is 11.3. The zero-order chi connectivity index (χ0) is 15.8. The molecule has 0 aliphatic carbocycles. The van der Waals surface area contributed by atoms with Gasteiger partial charge in [-0.25, -0.2) is 0 Å². The third-order valence-corrected chi connectivity index (χ3v) is 4.15. The molecule has 0 unspecified atom stereocenters. The monoisotopic (exact) mass is 304 g/mol. The van der Waals surface area contributed by atoms with Crippen LogP contribution in [0.2, 0.25) is 0 Å². The van der Waals surface area contributed by atoms with Gasteiger partial charge in [0, 0.05) is 5.39 Å². The molecule has 0 aromatic heterocycles. The van der Waals surface area contributed by atoms with E-state index in [0.29, 0.717) is 11.1 Å². The SMILES string of the molecule is COc1ccc2c3c(ccc(O)c13)O[C@@H](c1ccccc1)C=C2. The molecule has 0 fully saturated rings. The van der Waals surface area contributed by atoms with Gasteiger partial charge in [-0.05, 0) is 35.4 Å². The van der Waals surface area contributed by atoms with Gasteiger partial charge < -0.3 is 14.6 Å². The van der Waals surface area contributed by atoms with Gasteiger partial charge in [-0.1, -0.05) is 42.5 Å². The molecule has 4 rings (SSSR count). The Labute approximate surface area is 134 Å². The summed E-state index contributed by atoms with van der Waals surface area (Å²) in [6.07, 6.45) is 3.91. The minimum atomic E-state index is -0.165. The van der Waals surface area contributed by atoms with Gasteiger partial charge in [-0.15, -0.1) is 0 Å². The number of phenolic OH excluding ortho intramolecular Hbond substituents is 1. The first-order valence-electron chi connectivity index (χ1n) is 7.50. The van der Waals surface area contributed by atoms with Crippen LogP contribution in [0.25, 0.3) is 16.8 Å². The van der Waals surface area contributed by atoms with Crippen LogP contribution in [0.5, 0.6) is 17.2 Å². The van der Waals surface area contributed by atoms with Crippen LogP contribution in [-0.2, 0) is 0 Å². The molecule has 1 aliphatic rings. The minimum absolute atomic E-state index is 0.165. The average molecular weight is 304 g/mol. The quantitative estimate of drug-likeness (QED) is 0.745. The minimum Gasteiger partial charge on any atom is -0.507 e. The summed E-state index contributed by atoms with van der Waals surface area (Å²) in [5.41, 5.74) is 2.09. The second-order valence-corrected chi connectivity index (χ2v) is 5.50. The molecule has 1 N–H and O–H groups in total. The molecule has 114 valence electrons. The molecule has 3 nitrogen and oxygen atoms in total. The van der Waals surface area contributed by atoms with Gasteiger partial charge in [-0.3, -0.25) is 0 Å². The van der Waals surface area contributed by atoms with Crippen LogP contribution in [0, 0.1) is 0 Å². The maximum Gasteiger partial charge on any atom is 0.142 e. The summed E-state index contributed by atoms with van der Waals surface area (Å²) >= 11 is 0. The van der Waals surface area contributed by atoms with E-state index in [4.69, 9.17) is 9.47 Å². The number of methoxy groups -OCH3 is 1. The summed E-state index contributed by atoms with van der Waals surface area (Å²) in [5, 5.41) is 11.8. The van der Waals surface area contributed by atoms with Gasteiger partial charge in [0.25, 0.3) is 0 Å². The maximum atomic E-state index is 10.3. The molecule has 0 radical (unpaired) electrons. The summed E-state index contributed by atoms with van der Waals surface area (Å²) in [7, 11) is 1.60. The molecule has 0 bridgehead atoms. The Balaban J connectivity index is 1.93. The highest BCUT2D eigenvalue weighted by Crippen LogP contribution is 2.44. The van der Waals surface area contributed by atoms with Crippen molar-refractivity contribution in [2.45, 2.75) is 6.10 Å². The standard InChI is InChI=1S/C20H16O3/c1-22-17-11-8-14-7-10-16(13-5-3-2-4-6-13)23-18-12-9-15(21)20(17)19(14)18/h2-12,16,21H,1H3/t16-/m1/s1. The molecule has 3 aromatic rings. The first kappa shape index (κ1) is 13.7. The van der Waals surface area contributed by atoms with E-state index in [1.54, 1.807) is 13.2 Å². The van der Waals surface area contributed by atoms with Crippen molar-refractivity contribution in [3.05, 3.63) is 71.8 Å². The number of hydrogen-bond donors (Lipinski definition) is 1. The third kappa shape index (κ3) is 2.21. The van der Waals surface area contributed by atoms with Crippen molar-refractivity contribution in [3.63, 3.8) is 0 Å². The zero-order valence-corrected chi connectivity index (χ0v) is 12.7. The predicted molar refractivity (Wildman–Crippen MR) is 91.0 cm³/mol. The predicted octanol–water partition coefficient (Wildman–Crippen LogP) is 4.70. The lowest BCUT2D eigenvalue weighted by Crippen LogP contribution is -2.03. The highest BCUT2D eigenvalue weighted by Gasteiger charge is 2.20. The van der Waals surface area contributed by atoms with Crippen LogP contribution in [0.15, 0.2) is 60.7 Å². The molecule has 1 atom stereocenters. The van der Waals surface area contributed by atoms with E-state index in [2.05, 4.69) is 0 Å². The fraction of sp³-hybridized carbons (Fsp3) is 0.100. The Morgan fingerprint density at radius 1 is 0.957 bits per heavy atom. The molecule has 1 aliphatic heterocycles. The number of benzene rings is 3. The van der Waals surface area contributed by atoms with Crippen molar-refractivity contribution in [2.75, 3.05) is 7.11 Å². The van der Waals surface area contributed by atoms with Crippen molar-refractivity contribution in [1.82, 2.24) is 0 Å². The summed E-state index contributed by atoms with van der Waals surface area (Å²) in [6, 6.07) is 17.4. The summed E-state index contributed by atoms with van der Waals surface area (Å²) < 4.78 is 11.6. The van der Waals surface area contributed by atoms with Crippen LogP contribution in [0.3, 0.4) is 0 Å². The number of phenols is 1. The smallest absolute Gasteiger partial charge is 0.142 e. The molecule has 0 saturated heterocycles. The molecule has 23 heavy (non-hydrogen) atoms. The lowest BCUT2D eigenvalue weighted by Gasteiger charge is -2.17. The first-order valence-corrected chi connectivity index (χ1v) is 7.50. The topological polar surface area (TPSA) is 38.7 Å². The van der Waals surface area contributed by atoms with Crippen LogP contribution < -0.4 is 9.47 Å². The van der Waals surface area contributed by atoms with Crippen molar-refractivity contribution in [1.29, 1.82) is 0 Å². The van der Waals surface area contributed by atoms with E-state index in [1.807, 2.05) is 60.7 Å². The molecular formula is C20H16O3.